The van der Waals surface area contributed by atoms with Gasteiger partial charge in [0.1, 0.15) is 0 Å². The molecule has 1 amide bonds. The Labute approximate surface area is 116 Å². The summed E-state index contributed by atoms with van der Waals surface area (Å²) in [6, 6.07) is 3.46. The van der Waals surface area contributed by atoms with Gasteiger partial charge in [0, 0.05) is 44.6 Å². The molecule has 3 heterocycles. The Hall–Kier alpha value is -1.99. The molecule has 1 aliphatic rings. The van der Waals surface area contributed by atoms with Crippen molar-refractivity contribution in [2.24, 2.45) is 0 Å². The van der Waals surface area contributed by atoms with E-state index in [-0.39, 0.29) is 5.91 Å². The number of hydrogen-bond acceptors (Lipinski definition) is 5. The molecule has 0 spiro atoms. The van der Waals surface area contributed by atoms with Crippen molar-refractivity contribution in [1.82, 2.24) is 24.8 Å². The van der Waals surface area contributed by atoms with Crippen molar-refractivity contribution >= 4 is 11.6 Å². The number of hydrogen-bond donors (Lipinski definition) is 1. The first-order chi connectivity index (χ1) is 9.83. The lowest BCUT2D eigenvalue weighted by atomic mass is 10.3. The van der Waals surface area contributed by atoms with Gasteiger partial charge in [-0.05, 0) is 6.07 Å². The summed E-state index contributed by atoms with van der Waals surface area (Å²) in [7, 11) is 0. The lowest BCUT2D eigenvalue weighted by Gasteiger charge is -2.26. The van der Waals surface area contributed by atoms with Gasteiger partial charge in [0.2, 0.25) is 0 Å². The molecule has 0 aliphatic carbocycles. The summed E-state index contributed by atoms with van der Waals surface area (Å²) in [4.78, 5) is 18.4. The molecule has 7 nitrogen and oxygen atoms in total. The van der Waals surface area contributed by atoms with Crippen LogP contribution in [0.4, 0.5) is 0 Å². The van der Waals surface area contributed by atoms with Crippen molar-refractivity contribution in [2.75, 3.05) is 39.4 Å². The summed E-state index contributed by atoms with van der Waals surface area (Å²) in [6.07, 6.45) is 3.45. The summed E-state index contributed by atoms with van der Waals surface area (Å²) in [5.41, 5.74) is 1.07. The highest BCUT2D eigenvalue weighted by Gasteiger charge is 2.13. The van der Waals surface area contributed by atoms with Gasteiger partial charge in [0.15, 0.2) is 11.3 Å². The Morgan fingerprint density at radius 3 is 3.05 bits per heavy atom. The molecule has 0 radical (unpaired) electrons. The number of nitrogens with zero attached hydrogens (tertiary/aromatic N) is 4. The second kappa shape index (κ2) is 5.98. The van der Waals surface area contributed by atoms with Crippen molar-refractivity contribution in [3.05, 3.63) is 30.2 Å². The summed E-state index contributed by atoms with van der Waals surface area (Å²) in [5, 5.41) is 7.07. The Bertz CT molecular complexity index is 558. The Morgan fingerprint density at radius 2 is 2.25 bits per heavy atom. The molecule has 3 rings (SSSR count). The molecule has 1 fully saturated rings. The van der Waals surface area contributed by atoms with E-state index in [9.17, 15) is 4.79 Å². The minimum atomic E-state index is -0.163. The number of carbonyl (C=O) groups excluding carboxylic acids is 1. The zero-order chi connectivity index (χ0) is 13.8. The van der Waals surface area contributed by atoms with Gasteiger partial charge in [-0.3, -0.25) is 9.69 Å². The van der Waals surface area contributed by atoms with Gasteiger partial charge in [-0.2, -0.15) is 5.10 Å². The third kappa shape index (κ3) is 2.94. The van der Waals surface area contributed by atoms with E-state index in [1.54, 1.807) is 29.0 Å². The first-order valence-corrected chi connectivity index (χ1v) is 6.71. The lowest BCUT2D eigenvalue weighted by Crippen LogP contribution is -2.41. The molecule has 0 aromatic carbocycles. The Morgan fingerprint density at radius 1 is 1.40 bits per heavy atom. The zero-order valence-electron chi connectivity index (χ0n) is 11.2. The molecule has 0 bridgehead atoms. The van der Waals surface area contributed by atoms with Crippen molar-refractivity contribution in [2.45, 2.75) is 0 Å². The van der Waals surface area contributed by atoms with E-state index < -0.39 is 0 Å². The van der Waals surface area contributed by atoms with Crippen LogP contribution in [-0.4, -0.2) is 64.8 Å². The highest BCUT2D eigenvalue weighted by atomic mass is 16.5. The average Bonchev–Trinajstić information content (AvgIpc) is 2.92. The number of amides is 1. The summed E-state index contributed by atoms with van der Waals surface area (Å²) in [5.74, 6) is -0.163. The van der Waals surface area contributed by atoms with Crippen LogP contribution < -0.4 is 5.32 Å². The van der Waals surface area contributed by atoms with Crippen molar-refractivity contribution in [1.29, 1.82) is 0 Å². The van der Waals surface area contributed by atoms with E-state index in [2.05, 4.69) is 20.3 Å². The fourth-order valence-corrected chi connectivity index (χ4v) is 2.18. The van der Waals surface area contributed by atoms with Crippen LogP contribution >= 0.6 is 0 Å². The van der Waals surface area contributed by atoms with E-state index in [0.717, 1.165) is 32.8 Å². The van der Waals surface area contributed by atoms with Crippen LogP contribution in [0, 0.1) is 0 Å². The van der Waals surface area contributed by atoms with Gasteiger partial charge < -0.3 is 10.1 Å². The van der Waals surface area contributed by atoms with Gasteiger partial charge >= 0.3 is 0 Å². The number of morpholine rings is 1. The van der Waals surface area contributed by atoms with Crippen LogP contribution in [0.15, 0.2) is 24.5 Å². The first-order valence-electron chi connectivity index (χ1n) is 6.71. The van der Waals surface area contributed by atoms with Crippen molar-refractivity contribution < 1.29 is 9.53 Å². The second-order valence-electron chi connectivity index (χ2n) is 4.66. The monoisotopic (exact) mass is 275 g/mol. The predicted molar refractivity (Wildman–Crippen MR) is 72.6 cm³/mol. The number of carbonyl (C=O) groups is 1. The Kier molecular flexibility index (Phi) is 3.89. The molecular weight excluding hydrogens is 258 g/mol. The van der Waals surface area contributed by atoms with Crippen LogP contribution in [0.2, 0.25) is 0 Å². The van der Waals surface area contributed by atoms with E-state index in [1.807, 2.05) is 0 Å². The fourth-order valence-electron chi connectivity index (χ4n) is 2.18. The number of rotatable bonds is 4. The second-order valence-corrected chi connectivity index (χ2v) is 4.66. The fraction of sp³-hybridized carbons (Fsp3) is 0.462. The van der Waals surface area contributed by atoms with Crippen LogP contribution in [0.1, 0.15) is 10.5 Å². The van der Waals surface area contributed by atoms with Crippen LogP contribution in [0.25, 0.3) is 5.65 Å². The first kappa shape index (κ1) is 13.0. The summed E-state index contributed by atoms with van der Waals surface area (Å²) in [6.45, 7) is 4.83. The molecule has 0 saturated carbocycles. The predicted octanol–water partition coefficient (Wildman–Crippen LogP) is -0.209. The average molecular weight is 275 g/mol. The van der Waals surface area contributed by atoms with Crippen LogP contribution in [-0.2, 0) is 4.74 Å². The molecule has 7 heteroatoms. The smallest absolute Gasteiger partial charge is 0.271 e. The highest BCUT2D eigenvalue weighted by Crippen LogP contribution is 2.02. The zero-order valence-corrected chi connectivity index (χ0v) is 11.2. The molecule has 1 saturated heterocycles. The van der Waals surface area contributed by atoms with E-state index >= 15 is 0 Å². The molecule has 2 aromatic rings. The van der Waals surface area contributed by atoms with Gasteiger partial charge in [0.25, 0.3) is 5.91 Å². The third-order valence-corrected chi connectivity index (χ3v) is 3.29. The minimum Gasteiger partial charge on any atom is -0.379 e. The molecular formula is C13H17N5O2. The molecule has 1 N–H and O–H groups in total. The standard InChI is InChI=1S/C13H17N5O2/c19-13(15-3-5-17-6-8-20-9-7-17)11-10-12-14-2-1-4-18(12)16-11/h1-2,4,10H,3,5-9H2,(H,15,19). The maximum Gasteiger partial charge on any atom is 0.271 e. The largest absolute Gasteiger partial charge is 0.379 e. The van der Waals surface area contributed by atoms with Crippen LogP contribution in [0.5, 0.6) is 0 Å². The topological polar surface area (TPSA) is 71.8 Å². The maximum atomic E-state index is 12.0. The molecule has 2 aromatic heterocycles. The highest BCUT2D eigenvalue weighted by molar-refractivity contribution is 5.93. The molecule has 0 unspecified atom stereocenters. The third-order valence-electron chi connectivity index (χ3n) is 3.29. The van der Waals surface area contributed by atoms with Gasteiger partial charge in [-0.15, -0.1) is 0 Å². The summed E-state index contributed by atoms with van der Waals surface area (Å²) < 4.78 is 6.88. The number of fused-ring (bicyclic) bond motifs is 1. The van der Waals surface area contributed by atoms with Crippen molar-refractivity contribution in [3.8, 4) is 0 Å². The SMILES string of the molecule is O=C(NCCN1CCOCC1)c1cc2ncccn2n1. The lowest BCUT2D eigenvalue weighted by molar-refractivity contribution is 0.0383. The van der Waals surface area contributed by atoms with Gasteiger partial charge in [0.05, 0.1) is 13.2 Å². The molecule has 106 valence electrons. The number of nitrogens with one attached hydrogen (secondary N) is 1. The Balaban J connectivity index is 1.53. The number of aromatic nitrogens is 3. The quantitative estimate of drug-likeness (QED) is 0.836. The van der Waals surface area contributed by atoms with Gasteiger partial charge in [-0.1, -0.05) is 0 Å². The molecule has 1 aliphatic heterocycles. The van der Waals surface area contributed by atoms with E-state index in [1.165, 1.54) is 0 Å². The maximum absolute atomic E-state index is 12.0. The molecule has 20 heavy (non-hydrogen) atoms. The van der Waals surface area contributed by atoms with E-state index in [4.69, 9.17) is 4.74 Å². The van der Waals surface area contributed by atoms with Gasteiger partial charge in [-0.25, -0.2) is 9.50 Å². The molecule has 0 atom stereocenters. The normalized spacial score (nSPS) is 16.4. The van der Waals surface area contributed by atoms with E-state index in [0.29, 0.717) is 17.9 Å². The minimum absolute atomic E-state index is 0.163. The number of ether oxygens (including phenoxy) is 1. The van der Waals surface area contributed by atoms with Crippen LogP contribution in [0.3, 0.4) is 0 Å². The van der Waals surface area contributed by atoms with Crippen molar-refractivity contribution in [3.63, 3.8) is 0 Å². The summed E-state index contributed by atoms with van der Waals surface area (Å²) >= 11 is 0.